The lowest BCUT2D eigenvalue weighted by atomic mass is 10.0. The van der Waals surface area contributed by atoms with E-state index in [1.54, 1.807) is 19.1 Å². The quantitative estimate of drug-likeness (QED) is 0.389. The summed E-state index contributed by atoms with van der Waals surface area (Å²) < 4.78 is 41.4. The third-order valence-electron chi connectivity index (χ3n) is 3.61. The number of nitrogens with zero attached hydrogens (tertiary/aromatic N) is 3. The van der Waals surface area contributed by atoms with Gasteiger partial charge in [0.05, 0.1) is 10.2 Å². The van der Waals surface area contributed by atoms with Crippen LogP contribution in [0.3, 0.4) is 0 Å². The second-order valence-electron chi connectivity index (χ2n) is 5.37. The fourth-order valence-electron chi connectivity index (χ4n) is 2.20. The average Bonchev–Trinajstić information content (AvgIpc) is 3.04. The van der Waals surface area contributed by atoms with Gasteiger partial charge in [-0.1, -0.05) is 23.3 Å². The number of oxime groups is 1. The Bertz CT molecular complexity index is 867. The van der Waals surface area contributed by atoms with E-state index >= 15 is 0 Å². The molecule has 136 valence electrons. The lowest BCUT2D eigenvalue weighted by Gasteiger charge is -2.05. The monoisotopic (exact) mass is 433 g/mol. The highest BCUT2D eigenvalue weighted by atomic mass is 79.9. The molecule has 10 heteroatoms. The Kier molecular flexibility index (Phi) is 6.65. The van der Waals surface area contributed by atoms with Gasteiger partial charge in [-0.3, -0.25) is 0 Å². The predicted octanol–water partition coefficient (Wildman–Crippen LogP) is 2.76. The van der Waals surface area contributed by atoms with Crippen LogP contribution in [0.1, 0.15) is 30.3 Å². The molecule has 1 N–H and O–H groups in total. The predicted molar refractivity (Wildman–Crippen MR) is 93.1 cm³/mol. The highest BCUT2D eigenvalue weighted by Gasteiger charge is 2.19. The van der Waals surface area contributed by atoms with E-state index in [-0.39, 0.29) is 29.3 Å². The second-order valence-corrected chi connectivity index (χ2v) is 8.70. The smallest absolute Gasteiger partial charge is 0.156 e. The number of rotatable bonds is 8. The van der Waals surface area contributed by atoms with Gasteiger partial charge in [-0.25, -0.2) is 17.4 Å². The molecule has 0 spiro atoms. The van der Waals surface area contributed by atoms with Gasteiger partial charge in [0, 0.05) is 12.2 Å². The minimum Gasteiger partial charge on any atom is -0.411 e. The molecular formula is C15H17BrFN3O4S. The van der Waals surface area contributed by atoms with Gasteiger partial charge in [0.25, 0.3) is 0 Å². The van der Waals surface area contributed by atoms with Crippen LogP contribution in [-0.2, 0) is 22.7 Å². The molecule has 0 aliphatic rings. The van der Waals surface area contributed by atoms with Crippen LogP contribution in [-0.4, -0.2) is 41.2 Å². The van der Waals surface area contributed by atoms with E-state index < -0.39 is 15.7 Å². The summed E-state index contributed by atoms with van der Waals surface area (Å²) in [7, 11) is -3.07. The molecule has 1 aromatic heterocycles. The van der Waals surface area contributed by atoms with Crippen LogP contribution in [0.5, 0.6) is 0 Å². The maximum Gasteiger partial charge on any atom is 0.156 e. The topological polar surface area (TPSA) is 106 Å². The molecule has 0 atom stereocenters. The zero-order chi connectivity index (χ0) is 18.4. The van der Waals surface area contributed by atoms with E-state index in [0.29, 0.717) is 28.6 Å². The zero-order valence-electron chi connectivity index (χ0n) is 13.4. The standard InChI is InChI=1S/C15H17BrFN3O4S/c1-2-25(22,23)7-3-4-13-15(20-24-19-13)14(18-21)9-10-5-6-12(17)11(16)8-10/h5-6,8,21H,2-4,7,9H2,1H3/b18-14+. The Balaban J connectivity index is 2.11. The third kappa shape index (κ3) is 5.33. The summed E-state index contributed by atoms with van der Waals surface area (Å²) in [6.07, 6.45) is 0.867. The Morgan fingerprint density at radius 2 is 2.16 bits per heavy atom. The van der Waals surface area contributed by atoms with Crippen molar-refractivity contribution in [2.75, 3.05) is 11.5 Å². The van der Waals surface area contributed by atoms with Gasteiger partial charge in [0.15, 0.2) is 5.69 Å². The SMILES string of the molecule is CCS(=O)(=O)CCCc1nonc1/C(Cc1ccc(F)c(Br)c1)=N/O. The Hall–Kier alpha value is -1.81. The number of benzene rings is 1. The van der Waals surface area contributed by atoms with Crippen molar-refractivity contribution in [3.63, 3.8) is 0 Å². The van der Waals surface area contributed by atoms with E-state index in [1.165, 1.54) is 6.07 Å². The van der Waals surface area contributed by atoms with Crippen molar-refractivity contribution in [1.29, 1.82) is 0 Å². The van der Waals surface area contributed by atoms with E-state index in [9.17, 15) is 18.0 Å². The van der Waals surface area contributed by atoms with Gasteiger partial charge in [-0.2, -0.15) is 0 Å². The lowest BCUT2D eigenvalue weighted by Crippen LogP contribution is -2.12. The van der Waals surface area contributed by atoms with Crippen molar-refractivity contribution in [2.45, 2.75) is 26.2 Å². The first-order chi connectivity index (χ1) is 11.9. The summed E-state index contributed by atoms with van der Waals surface area (Å²) in [4.78, 5) is 0. The molecule has 1 heterocycles. The summed E-state index contributed by atoms with van der Waals surface area (Å²) >= 11 is 3.10. The summed E-state index contributed by atoms with van der Waals surface area (Å²) in [6, 6.07) is 4.43. The number of aryl methyl sites for hydroxylation is 1. The first-order valence-electron chi connectivity index (χ1n) is 7.53. The Morgan fingerprint density at radius 1 is 1.40 bits per heavy atom. The van der Waals surface area contributed by atoms with Crippen molar-refractivity contribution in [3.8, 4) is 0 Å². The highest BCUT2D eigenvalue weighted by Crippen LogP contribution is 2.19. The largest absolute Gasteiger partial charge is 0.411 e. The van der Waals surface area contributed by atoms with E-state index in [0.717, 1.165) is 0 Å². The van der Waals surface area contributed by atoms with Crippen LogP contribution in [0.15, 0.2) is 32.5 Å². The third-order valence-corrected chi connectivity index (χ3v) is 6.01. The molecule has 0 saturated carbocycles. The maximum absolute atomic E-state index is 13.3. The van der Waals surface area contributed by atoms with Gasteiger partial charge in [-0.15, -0.1) is 0 Å². The van der Waals surface area contributed by atoms with Crippen molar-refractivity contribution in [2.24, 2.45) is 5.16 Å². The molecule has 2 rings (SSSR count). The minimum atomic E-state index is -3.07. The molecule has 0 amide bonds. The van der Waals surface area contributed by atoms with Crippen LogP contribution in [0, 0.1) is 5.82 Å². The molecule has 7 nitrogen and oxygen atoms in total. The van der Waals surface area contributed by atoms with Gasteiger partial charge < -0.3 is 5.21 Å². The minimum absolute atomic E-state index is 0.0340. The number of halogens is 2. The normalized spacial score (nSPS) is 12.5. The van der Waals surface area contributed by atoms with Crippen molar-refractivity contribution >= 4 is 31.5 Å². The van der Waals surface area contributed by atoms with Gasteiger partial charge in [0.1, 0.15) is 27.1 Å². The number of sulfone groups is 1. The Morgan fingerprint density at radius 3 is 2.80 bits per heavy atom. The molecule has 0 bridgehead atoms. The molecule has 2 aromatic rings. The number of hydrogen-bond donors (Lipinski definition) is 1. The highest BCUT2D eigenvalue weighted by molar-refractivity contribution is 9.10. The summed E-state index contributed by atoms with van der Waals surface area (Å²) in [6.45, 7) is 1.59. The fourth-order valence-corrected chi connectivity index (χ4v) is 3.50. The van der Waals surface area contributed by atoms with Crippen LogP contribution in [0.25, 0.3) is 0 Å². The molecule has 25 heavy (non-hydrogen) atoms. The van der Waals surface area contributed by atoms with Crippen molar-refractivity contribution in [1.82, 2.24) is 10.3 Å². The number of aromatic nitrogens is 2. The van der Waals surface area contributed by atoms with Gasteiger partial charge in [0.2, 0.25) is 0 Å². The number of hydrogen-bond acceptors (Lipinski definition) is 7. The maximum atomic E-state index is 13.3. The van der Waals surface area contributed by atoms with E-state index in [1.807, 2.05) is 0 Å². The molecule has 0 saturated heterocycles. The van der Waals surface area contributed by atoms with Crippen molar-refractivity contribution < 1.29 is 22.6 Å². The van der Waals surface area contributed by atoms with Crippen molar-refractivity contribution in [3.05, 3.63) is 45.4 Å². The molecule has 0 aliphatic heterocycles. The fraction of sp³-hybridized carbons (Fsp3) is 0.400. The molecule has 1 aromatic carbocycles. The van der Waals surface area contributed by atoms with E-state index in [4.69, 9.17) is 4.63 Å². The van der Waals surface area contributed by atoms with E-state index in [2.05, 4.69) is 31.4 Å². The first kappa shape index (κ1) is 19.5. The van der Waals surface area contributed by atoms with Crippen LogP contribution >= 0.6 is 15.9 Å². The molecule has 0 aliphatic carbocycles. The summed E-state index contributed by atoms with van der Waals surface area (Å²) in [5.74, 6) is -0.279. The zero-order valence-corrected chi connectivity index (χ0v) is 15.8. The molecule has 0 radical (unpaired) electrons. The molecular weight excluding hydrogens is 417 g/mol. The van der Waals surface area contributed by atoms with Crippen LogP contribution in [0.2, 0.25) is 0 Å². The molecule has 0 unspecified atom stereocenters. The summed E-state index contributed by atoms with van der Waals surface area (Å²) in [5.41, 5.74) is 1.58. The second kappa shape index (κ2) is 8.52. The Labute approximate surface area is 152 Å². The molecule has 0 fully saturated rings. The lowest BCUT2D eigenvalue weighted by molar-refractivity contribution is 0.300. The van der Waals surface area contributed by atoms with Crippen LogP contribution < -0.4 is 0 Å². The van der Waals surface area contributed by atoms with Gasteiger partial charge >= 0.3 is 0 Å². The van der Waals surface area contributed by atoms with Crippen LogP contribution in [0.4, 0.5) is 4.39 Å². The first-order valence-corrected chi connectivity index (χ1v) is 10.1. The van der Waals surface area contributed by atoms with Gasteiger partial charge in [-0.05, 0) is 51.6 Å². The summed E-state index contributed by atoms with van der Waals surface area (Å²) in [5, 5.41) is 20.0. The average molecular weight is 434 g/mol.